The number of amides is 2. The largest absolute Gasteiger partial charge is 0.347 e. The number of carbonyl (C=O) groups is 2. The fraction of sp³-hybridized carbons (Fsp3) is 0.429. The molecule has 2 rings (SSSR count). The quantitative estimate of drug-likeness (QED) is 0.787. The van der Waals surface area contributed by atoms with E-state index in [4.69, 9.17) is 17.3 Å². The minimum Gasteiger partial charge on any atom is -0.347 e. The van der Waals surface area contributed by atoms with E-state index in [1.165, 1.54) is 0 Å². The maximum Gasteiger partial charge on any atom is 0.243 e. The highest BCUT2D eigenvalue weighted by Crippen LogP contribution is 2.23. The second-order valence-corrected chi connectivity index (χ2v) is 5.48. The summed E-state index contributed by atoms with van der Waals surface area (Å²) < 4.78 is 0. The van der Waals surface area contributed by atoms with Crippen LogP contribution < -0.4 is 16.4 Å². The van der Waals surface area contributed by atoms with Crippen molar-refractivity contribution in [3.8, 4) is 0 Å². The zero-order chi connectivity index (χ0) is 14.5. The maximum absolute atomic E-state index is 11.8. The van der Waals surface area contributed by atoms with E-state index in [2.05, 4.69) is 10.6 Å². The Morgan fingerprint density at radius 1 is 1.25 bits per heavy atom. The van der Waals surface area contributed by atoms with Crippen LogP contribution in [0.3, 0.4) is 0 Å². The fourth-order valence-electron chi connectivity index (χ4n) is 2.30. The van der Waals surface area contributed by atoms with Crippen LogP contribution in [-0.4, -0.2) is 24.4 Å². The molecule has 2 amide bonds. The van der Waals surface area contributed by atoms with Crippen LogP contribution in [0, 0.1) is 5.92 Å². The Bertz CT molecular complexity index is 490. The highest BCUT2D eigenvalue weighted by Gasteiger charge is 2.27. The molecule has 0 bridgehead atoms. The Kier molecular flexibility index (Phi) is 4.98. The summed E-state index contributed by atoms with van der Waals surface area (Å²) in [6.45, 7) is -0.0345. The molecular formula is C14H18ClN3O2. The summed E-state index contributed by atoms with van der Waals surface area (Å²) in [6, 6.07) is 6.90. The molecule has 1 saturated carbocycles. The molecule has 0 spiro atoms. The van der Waals surface area contributed by atoms with Crippen LogP contribution in [0.2, 0.25) is 5.02 Å². The van der Waals surface area contributed by atoms with E-state index >= 15 is 0 Å². The molecule has 0 saturated heterocycles. The van der Waals surface area contributed by atoms with Gasteiger partial charge in [0.05, 0.1) is 6.54 Å². The van der Waals surface area contributed by atoms with Gasteiger partial charge in [-0.3, -0.25) is 9.59 Å². The van der Waals surface area contributed by atoms with Crippen LogP contribution in [0.1, 0.15) is 19.3 Å². The van der Waals surface area contributed by atoms with Crippen molar-refractivity contribution in [3.05, 3.63) is 29.3 Å². The topological polar surface area (TPSA) is 84.2 Å². The van der Waals surface area contributed by atoms with Gasteiger partial charge in [-0.25, -0.2) is 0 Å². The summed E-state index contributed by atoms with van der Waals surface area (Å²) in [5.41, 5.74) is 6.41. The SMILES string of the molecule is NC1CCC(C(=O)NCC(=O)Nc2ccc(Cl)cc2)C1. The van der Waals surface area contributed by atoms with Gasteiger partial charge in [0.15, 0.2) is 0 Å². The smallest absolute Gasteiger partial charge is 0.243 e. The number of rotatable bonds is 4. The van der Waals surface area contributed by atoms with E-state index in [0.29, 0.717) is 17.1 Å². The summed E-state index contributed by atoms with van der Waals surface area (Å²) in [7, 11) is 0. The number of hydrogen-bond acceptors (Lipinski definition) is 3. The minimum absolute atomic E-state index is 0.0345. The third-order valence-corrected chi connectivity index (χ3v) is 3.65. The molecular weight excluding hydrogens is 278 g/mol. The van der Waals surface area contributed by atoms with Crippen LogP contribution in [0.15, 0.2) is 24.3 Å². The lowest BCUT2D eigenvalue weighted by Gasteiger charge is -2.11. The molecule has 1 aromatic carbocycles. The number of nitrogens with one attached hydrogen (secondary N) is 2. The van der Waals surface area contributed by atoms with Gasteiger partial charge < -0.3 is 16.4 Å². The Morgan fingerprint density at radius 3 is 2.55 bits per heavy atom. The zero-order valence-corrected chi connectivity index (χ0v) is 11.8. The van der Waals surface area contributed by atoms with Crippen LogP contribution in [0.4, 0.5) is 5.69 Å². The Hall–Kier alpha value is -1.59. The molecule has 0 heterocycles. The fourth-order valence-corrected chi connectivity index (χ4v) is 2.43. The van der Waals surface area contributed by atoms with Crippen LogP contribution in [-0.2, 0) is 9.59 Å². The third kappa shape index (κ3) is 4.21. The number of nitrogens with two attached hydrogens (primary N) is 1. The summed E-state index contributed by atoms with van der Waals surface area (Å²) in [4.78, 5) is 23.5. The molecule has 4 N–H and O–H groups in total. The first-order valence-electron chi connectivity index (χ1n) is 6.63. The molecule has 0 aliphatic heterocycles. The van der Waals surface area contributed by atoms with E-state index in [0.717, 1.165) is 12.8 Å². The number of hydrogen-bond donors (Lipinski definition) is 3. The molecule has 0 radical (unpaired) electrons. The molecule has 108 valence electrons. The molecule has 1 aliphatic carbocycles. The first kappa shape index (κ1) is 14.8. The van der Waals surface area contributed by atoms with Crippen LogP contribution >= 0.6 is 11.6 Å². The molecule has 20 heavy (non-hydrogen) atoms. The van der Waals surface area contributed by atoms with E-state index in [1.807, 2.05) is 0 Å². The lowest BCUT2D eigenvalue weighted by Crippen LogP contribution is -2.36. The summed E-state index contributed by atoms with van der Waals surface area (Å²) in [5.74, 6) is -0.416. The van der Waals surface area contributed by atoms with Gasteiger partial charge in [-0.05, 0) is 43.5 Å². The van der Waals surface area contributed by atoms with Crippen molar-refractivity contribution < 1.29 is 9.59 Å². The molecule has 0 aromatic heterocycles. The van der Waals surface area contributed by atoms with Gasteiger partial charge in [0.25, 0.3) is 0 Å². The predicted molar refractivity (Wildman–Crippen MR) is 78.4 cm³/mol. The standard InChI is InChI=1S/C14H18ClN3O2/c15-10-2-5-12(6-3-10)18-13(19)8-17-14(20)9-1-4-11(16)7-9/h2-3,5-6,9,11H,1,4,7-8,16H2,(H,17,20)(H,18,19). The lowest BCUT2D eigenvalue weighted by molar-refractivity contribution is -0.127. The van der Waals surface area contributed by atoms with Crippen molar-refractivity contribution >= 4 is 29.1 Å². The van der Waals surface area contributed by atoms with E-state index in [-0.39, 0.29) is 30.3 Å². The number of halogens is 1. The van der Waals surface area contributed by atoms with E-state index in [1.54, 1.807) is 24.3 Å². The van der Waals surface area contributed by atoms with Crippen molar-refractivity contribution in [1.29, 1.82) is 0 Å². The van der Waals surface area contributed by atoms with Crippen molar-refractivity contribution in [1.82, 2.24) is 5.32 Å². The second-order valence-electron chi connectivity index (χ2n) is 5.04. The van der Waals surface area contributed by atoms with Crippen LogP contribution in [0.5, 0.6) is 0 Å². The summed E-state index contributed by atoms with van der Waals surface area (Å²) >= 11 is 5.76. The van der Waals surface area contributed by atoms with Crippen molar-refractivity contribution in [2.24, 2.45) is 11.7 Å². The Labute approximate surface area is 122 Å². The average Bonchev–Trinajstić information content (AvgIpc) is 2.85. The first-order chi connectivity index (χ1) is 9.54. The van der Waals surface area contributed by atoms with Crippen LogP contribution in [0.25, 0.3) is 0 Å². The van der Waals surface area contributed by atoms with Gasteiger partial charge in [0.1, 0.15) is 0 Å². The monoisotopic (exact) mass is 295 g/mol. The molecule has 1 aliphatic rings. The van der Waals surface area contributed by atoms with E-state index in [9.17, 15) is 9.59 Å². The molecule has 2 unspecified atom stereocenters. The minimum atomic E-state index is -0.261. The van der Waals surface area contributed by atoms with Gasteiger partial charge in [0, 0.05) is 22.7 Å². The van der Waals surface area contributed by atoms with Gasteiger partial charge in [0.2, 0.25) is 11.8 Å². The normalized spacial score (nSPS) is 21.5. The highest BCUT2D eigenvalue weighted by molar-refractivity contribution is 6.30. The van der Waals surface area contributed by atoms with Gasteiger partial charge in [-0.1, -0.05) is 11.6 Å². The molecule has 1 fully saturated rings. The van der Waals surface area contributed by atoms with Crippen molar-refractivity contribution in [2.45, 2.75) is 25.3 Å². The number of carbonyl (C=O) groups excluding carboxylic acids is 2. The van der Waals surface area contributed by atoms with Gasteiger partial charge >= 0.3 is 0 Å². The third-order valence-electron chi connectivity index (χ3n) is 3.40. The first-order valence-corrected chi connectivity index (χ1v) is 7.01. The number of anilines is 1. The highest BCUT2D eigenvalue weighted by atomic mass is 35.5. The molecule has 1 aromatic rings. The van der Waals surface area contributed by atoms with Gasteiger partial charge in [-0.15, -0.1) is 0 Å². The Morgan fingerprint density at radius 2 is 1.95 bits per heavy atom. The lowest BCUT2D eigenvalue weighted by atomic mass is 10.1. The van der Waals surface area contributed by atoms with Gasteiger partial charge in [-0.2, -0.15) is 0 Å². The van der Waals surface area contributed by atoms with Crippen molar-refractivity contribution in [2.75, 3.05) is 11.9 Å². The molecule has 5 nitrogen and oxygen atoms in total. The summed E-state index contributed by atoms with van der Waals surface area (Å²) in [5, 5.41) is 5.94. The Balaban J connectivity index is 1.75. The van der Waals surface area contributed by atoms with E-state index < -0.39 is 0 Å². The average molecular weight is 296 g/mol. The maximum atomic E-state index is 11.8. The molecule has 2 atom stereocenters. The zero-order valence-electron chi connectivity index (χ0n) is 11.1. The van der Waals surface area contributed by atoms with Crippen molar-refractivity contribution in [3.63, 3.8) is 0 Å². The molecule has 6 heteroatoms. The summed E-state index contributed by atoms with van der Waals surface area (Å²) in [6.07, 6.45) is 2.37. The predicted octanol–water partition coefficient (Wildman–Crippen LogP) is 1.52. The number of benzene rings is 1. The second kappa shape index (κ2) is 6.72.